The minimum atomic E-state index is -2.05. The zero-order valence-electron chi connectivity index (χ0n) is 47.8. The summed E-state index contributed by atoms with van der Waals surface area (Å²) in [5, 5.41) is 140. The molecule has 29 atom stereocenters. The van der Waals surface area contributed by atoms with Crippen LogP contribution in [0.1, 0.15) is 120 Å². The van der Waals surface area contributed by atoms with Gasteiger partial charge in [0, 0.05) is 0 Å². The number of aliphatic hydroxyl groups excluding tert-OH is 12. The van der Waals surface area contributed by atoms with Gasteiger partial charge in [-0.05, 0) is 116 Å². The molecule has 13 N–H and O–H groups in total. The molecule has 24 unspecified atom stereocenters. The maximum absolute atomic E-state index is 15.0. The Bertz CT molecular complexity index is 2270. The van der Waals surface area contributed by atoms with Crippen LogP contribution in [0.4, 0.5) is 0 Å². The summed E-state index contributed by atoms with van der Waals surface area (Å²) in [6.45, 7) is 14.9. The number of carbonyl (C=O) groups is 1. The topological polar surface area (TPSA) is 372 Å². The van der Waals surface area contributed by atoms with Gasteiger partial charge in [-0.2, -0.15) is 0 Å². The third-order valence-corrected chi connectivity index (χ3v) is 22.5. The Morgan fingerprint density at radius 1 is 0.630 bits per heavy atom. The van der Waals surface area contributed by atoms with Crippen molar-refractivity contribution < 1.29 is 119 Å². The highest BCUT2D eigenvalue weighted by Gasteiger charge is 2.70. The second kappa shape index (κ2) is 22.5. The van der Waals surface area contributed by atoms with Crippen LogP contribution >= 0.6 is 0 Å². The summed E-state index contributed by atoms with van der Waals surface area (Å²) in [5.41, 5.74) is -2.98. The van der Waals surface area contributed by atoms with Crippen LogP contribution in [-0.4, -0.2) is 240 Å². The fourth-order valence-electron chi connectivity index (χ4n) is 17.1. The molecule has 0 bridgehead atoms. The molecule has 10 aliphatic rings. The first-order chi connectivity index (χ1) is 37.9. The van der Waals surface area contributed by atoms with Gasteiger partial charge >= 0.3 is 5.97 Å². The molecule has 5 saturated heterocycles. The van der Waals surface area contributed by atoms with E-state index < -0.39 is 171 Å². The number of esters is 1. The molecule has 10 rings (SSSR count). The first kappa shape index (κ1) is 62.4. The average Bonchev–Trinajstić information content (AvgIpc) is 1.41. The van der Waals surface area contributed by atoms with E-state index in [0.717, 1.165) is 38.5 Å². The molecular weight excluding hydrogens is 1070 g/mol. The molecule has 5 heterocycles. The van der Waals surface area contributed by atoms with Crippen LogP contribution in [0, 0.1) is 50.2 Å². The summed E-state index contributed by atoms with van der Waals surface area (Å²) in [5.74, 6) is -0.295. The fraction of sp³-hybridized carbons (Fsp3) is 0.947. The van der Waals surface area contributed by atoms with E-state index in [1.165, 1.54) is 12.5 Å². The van der Waals surface area contributed by atoms with Gasteiger partial charge in [0.25, 0.3) is 0 Å². The van der Waals surface area contributed by atoms with Gasteiger partial charge in [0.1, 0.15) is 91.1 Å². The lowest BCUT2D eigenvalue weighted by Crippen LogP contribution is -2.67. The van der Waals surface area contributed by atoms with E-state index in [1.807, 2.05) is 0 Å². The highest BCUT2D eigenvalue weighted by atomic mass is 16.8. The minimum Gasteiger partial charge on any atom is -0.432 e. The van der Waals surface area contributed by atoms with Crippen molar-refractivity contribution in [3.8, 4) is 0 Å². The molecule has 0 aromatic heterocycles. The third kappa shape index (κ3) is 10.3. The van der Waals surface area contributed by atoms with Crippen molar-refractivity contribution in [2.75, 3.05) is 33.0 Å². The Labute approximate surface area is 472 Å². The Morgan fingerprint density at radius 2 is 1.27 bits per heavy atom. The summed E-state index contributed by atoms with van der Waals surface area (Å²) in [6.07, 6.45) is -21.2. The van der Waals surface area contributed by atoms with Crippen LogP contribution in [0.15, 0.2) is 11.6 Å². The van der Waals surface area contributed by atoms with Crippen molar-refractivity contribution >= 4 is 5.97 Å². The number of hydrogen-bond acceptors (Lipinski definition) is 24. The molecule has 4 saturated carbocycles. The SMILES string of the molecule is CC1OC(OC2C(O)C(CO)OC(O[C@H]3CC[C@@]4(C)C(CC[C@]5(C)C4CC=C4C6CC(C)(C)CC[C@]6(C(=O)OC6OCC(OC7OCC(O)C(O)C7O)C(O)C6O)CC[C@]45C)C3(C)C)C2O)C(O)C(OC2OCC(O)(CO)C2O)C1O. The lowest BCUT2D eigenvalue weighted by Gasteiger charge is -2.71. The standard InChI is InChI=1S/C57H92O24/c1-25-34(61)42(80-49-44(69)57(71,23-59)24-74-49)40(67)47(75-25)79-43-37(64)29(20-58)76-48(41(43)68)78-33-12-13-53(6)31(52(33,4)5)11-14-55(8)32(53)10-9-26-27-19-51(2,3)15-17-56(27,18-16-54(26,55)7)50(70)81-46-39(66)36(63)30(22-73-46)77-45-38(65)35(62)28(60)21-72-45/h9,25,27-49,58-69,71H,10-24H2,1-8H3/t25?,27?,28?,29?,30?,31?,32?,33-,34?,35?,36?,37?,38?,39?,40?,41?,42?,43?,44?,45?,46?,47?,48?,49?,53-,54+,55+,56-,57?/m0/s1. The lowest BCUT2D eigenvalue weighted by molar-refractivity contribution is -0.374. The Morgan fingerprint density at radius 3 is 1.95 bits per heavy atom. The zero-order valence-corrected chi connectivity index (χ0v) is 47.8. The van der Waals surface area contributed by atoms with E-state index in [-0.39, 0.29) is 52.6 Å². The minimum absolute atomic E-state index is 0.0930. The van der Waals surface area contributed by atoms with E-state index in [2.05, 4.69) is 54.5 Å². The molecule has 0 radical (unpaired) electrons. The van der Waals surface area contributed by atoms with Gasteiger partial charge in [-0.25, -0.2) is 0 Å². The molecule has 24 heteroatoms. The van der Waals surface area contributed by atoms with Gasteiger partial charge < -0.3 is 114 Å². The molecule has 0 aromatic carbocycles. The molecule has 0 aromatic rings. The van der Waals surface area contributed by atoms with Gasteiger partial charge in [-0.3, -0.25) is 4.79 Å². The molecule has 24 nitrogen and oxygen atoms in total. The number of hydrogen-bond donors (Lipinski definition) is 13. The fourth-order valence-corrected chi connectivity index (χ4v) is 17.1. The largest absolute Gasteiger partial charge is 0.432 e. The van der Waals surface area contributed by atoms with Gasteiger partial charge in [0.15, 0.2) is 25.2 Å². The maximum atomic E-state index is 15.0. The molecule has 464 valence electrons. The second-order valence-corrected chi connectivity index (χ2v) is 27.9. The quantitative estimate of drug-likeness (QED) is 0.0616. The Kier molecular flexibility index (Phi) is 17.3. The predicted octanol–water partition coefficient (Wildman–Crippen LogP) is -1.26. The summed E-state index contributed by atoms with van der Waals surface area (Å²) >= 11 is 0. The van der Waals surface area contributed by atoms with Gasteiger partial charge in [-0.15, -0.1) is 0 Å². The number of aliphatic hydroxyl groups is 13. The molecular formula is C57H92O24. The van der Waals surface area contributed by atoms with Crippen LogP contribution in [0.5, 0.6) is 0 Å². The van der Waals surface area contributed by atoms with Crippen molar-refractivity contribution in [3.63, 3.8) is 0 Å². The summed E-state index contributed by atoms with van der Waals surface area (Å²) < 4.78 is 59.0. The van der Waals surface area contributed by atoms with Gasteiger partial charge in [-0.1, -0.05) is 60.1 Å². The van der Waals surface area contributed by atoms with Crippen LogP contribution in [0.2, 0.25) is 0 Å². The average molecular weight is 1160 g/mol. The molecule has 5 aliphatic carbocycles. The molecule has 5 aliphatic heterocycles. The maximum Gasteiger partial charge on any atom is 0.315 e. The molecule has 9 fully saturated rings. The summed E-state index contributed by atoms with van der Waals surface area (Å²) in [4.78, 5) is 15.0. The zero-order chi connectivity index (χ0) is 58.9. The smallest absolute Gasteiger partial charge is 0.315 e. The lowest BCUT2D eigenvalue weighted by atomic mass is 9.33. The van der Waals surface area contributed by atoms with Crippen molar-refractivity contribution in [2.45, 2.75) is 254 Å². The molecule has 81 heavy (non-hydrogen) atoms. The van der Waals surface area contributed by atoms with E-state index >= 15 is 0 Å². The van der Waals surface area contributed by atoms with Crippen LogP contribution in [0.25, 0.3) is 0 Å². The molecule has 0 amide bonds. The van der Waals surface area contributed by atoms with Crippen molar-refractivity contribution in [1.29, 1.82) is 0 Å². The third-order valence-electron chi connectivity index (χ3n) is 22.5. The number of ether oxygens (including phenoxy) is 10. The first-order valence-corrected chi connectivity index (χ1v) is 29.4. The van der Waals surface area contributed by atoms with Crippen molar-refractivity contribution in [3.05, 3.63) is 11.6 Å². The summed E-state index contributed by atoms with van der Waals surface area (Å²) in [6, 6.07) is 0. The van der Waals surface area contributed by atoms with E-state index in [9.17, 15) is 71.2 Å². The van der Waals surface area contributed by atoms with Crippen LogP contribution < -0.4 is 0 Å². The monoisotopic (exact) mass is 1160 g/mol. The highest BCUT2D eigenvalue weighted by molar-refractivity contribution is 5.79. The van der Waals surface area contributed by atoms with E-state index in [1.54, 1.807) is 0 Å². The van der Waals surface area contributed by atoms with Crippen LogP contribution in [-0.2, 0) is 52.2 Å². The first-order valence-electron chi connectivity index (χ1n) is 29.4. The second-order valence-electron chi connectivity index (χ2n) is 27.9. The van der Waals surface area contributed by atoms with Crippen LogP contribution in [0.3, 0.4) is 0 Å². The van der Waals surface area contributed by atoms with E-state index in [0.29, 0.717) is 25.7 Å². The summed E-state index contributed by atoms with van der Waals surface area (Å²) in [7, 11) is 0. The predicted molar refractivity (Wildman–Crippen MR) is 276 cm³/mol. The number of carbonyl (C=O) groups excluding carboxylic acids is 1. The molecule has 0 spiro atoms. The highest BCUT2D eigenvalue weighted by Crippen LogP contribution is 2.76. The van der Waals surface area contributed by atoms with Crippen molar-refractivity contribution in [2.24, 2.45) is 50.2 Å². The number of allylic oxidation sites excluding steroid dienone is 2. The van der Waals surface area contributed by atoms with E-state index in [4.69, 9.17) is 47.4 Å². The number of fused-ring (bicyclic) bond motifs is 7. The van der Waals surface area contributed by atoms with Gasteiger partial charge in [0.05, 0.1) is 50.7 Å². The van der Waals surface area contributed by atoms with Gasteiger partial charge in [0.2, 0.25) is 6.29 Å². The Balaban J connectivity index is 0.827. The van der Waals surface area contributed by atoms with Crippen molar-refractivity contribution in [1.82, 2.24) is 0 Å². The normalized spacial score (nSPS) is 54.2. The number of rotatable bonds is 12. The Hall–Kier alpha value is -1.67.